The van der Waals surface area contributed by atoms with Gasteiger partial charge in [-0.1, -0.05) is 0 Å². The maximum Gasteiger partial charge on any atom is 0.421 e. The molecular weight excluding hydrogens is 387 g/mol. The van der Waals surface area contributed by atoms with Crippen molar-refractivity contribution < 1.29 is 13.2 Å². The van der Waals surface area contributed by atoms with Crippen LogP contribution in [-0.2, 0) is 6.18 Å². The van der Waals surface area contributed by atoms with Gasteiger partial charge in [0.1, 0.15) is 11.4 Å². The van der Waals surface area contributed by atoms with Gasteiger partial charge in [-0.05, 0) is 26.7 Å². The molecule has 3 aromatic rings. The predicted molar refractivity (Wildman–Crippen MR) is 98.8 cm³/mol. The van der Waals surface area contributed by atoms with Gasteiger partial charge in [0.15, 0.2) is 0 Å². The molecule has 12 heteroatoms. The fraction of sp³-hybridized carbons (Fsp3) is 0.471. The summed E-state index contributed by atoms with van der Waals surface area (Å²) in [5.74, 6) is -0.181. The van der Waals surface area contributed by atoms with E-state index < -0.39 is 11.7 Å². The number of hydrogen-bond donors (Lipinski definition) is 2. The molecule has 3 aromatic heterocycles. The Morgan fingerprint density at radius 2 is 1.83 bits per heavy atom. The second-order valence-electron chi connectivity index (χ2n) is 6.83. The maximum atomic E-state index is 13.1. The van der Waals surface area contributed by atoms with E-state index in [9.17, 15) is 13.2 Å². The molecule has 1 aliphatic carbocycles. The highest BCUT2D eigenvalue weighted by Gasteiger charge is 2.36. The normalized spacial score (nSPS) is 19.1. The van der Waals surface area contributed by atoms with Crippen molar-refractivity contribution in [2.24, 2.45) is 0 Å². The van der Waals surface area contributed by atoms with Gasteiger partial charge in [0.2, 0.25) is 5.95 Å². The maximum absolute atomic E-state index is 13.1. The third kappa shape index (κ3) is 3.74. The van der Waals surface area contributed by atoms with Crippen molar-refractivity contribution in [3.05, 3.63) is 36.0 Å². The fourth-order valence-electron chi connectivity index (χ4n) is 3.35. The highest BCUT2D eigenvalue weighted by atomic mass is 19.4. The van der Waals surface area contributed by atoms with Crippen LogP contribution in [0.3, 0.4) is 0 Å². The smallest absolute Gasteiger partial charge is 0.370 e. The number of halogens is 3. The van der Waals surface area contributed by atoms with Crippen molar-refractivity contribution in [1.29, 1.82) is 0 Å². The minimum atomic E-state index is -4.53. The molecule has 154 valence electrons. The van der Waals surface area contributed by atoms with Gasteiger partial charge < -0.3 is 10.6 Å². The quantitative estimate of drug-likeness (QED) is 0.647. The Morgan fingerprint density at radius 1 is 1.10 bits per heavy atom. The molecule has 0 aliphatic heterocycles. The van der Waals surface area contributed by atoms with Crippen LogP contribution < -0.4 is 10.6 Å². The minimum Gasteiger partial charge on any atom is -0.370 e. The Bertz CT molecular complexity index is 975. The molecule has 4 rings (SSSR count). The number of aromatic nitrogens is 7. The van der Waals surface area contributed by atoms with E-state index >= 15 is 0 Å². The number of rotatable bonds is 6. The van der Waals surface area contributed by atoms with Crippen molar-refractivity contribution in [1.82, 2.24) is 34.7 Å². The molecule has 1 fully saturated rings. The topological polar surface area (TPSA) is 98.4 Å². The highest BCUT2D eigenvalue weighted by Crippen LogP contribution is 2.41. The molecule has 9 nitrogen and oxygen atoms in total. The van der Waals surface area contributed by atoms with Gasteiger partial charge in [0, 0.05) is 12.7 Å². The van der Waals surface area contributed by atoms with E-state index in [1.54, 1.807) is 30.3 Å². The summed E-state index contributed by atoms with van der Waals surface area (Å²) in [4.78, 5) is 9.51. The van der Waals surface area contributed by atoms with Crippen molar-refractivity contribution in [3.63, 3.8) is 0 Å². The zero-order valence-corrected chi connectivity index (χ0v) is 15.8. The van der Waals surface area contributed by atoms with Crippen molar-refractivity contribution in [3.8, 4) is 0 Å². The van der Waals surface area contributed by atoms with Crippen LogP contribution in [0.15, 0.2) is 24.8 Å². The van der Waals surface area contributed by atoms with Crippen LogP contribution in [0.25, 0.3) is 0 Å². The first kappa shape index (κ1) is 19.2. The molecule has 0 unspecified atom stereocenters. The van der Waals surface area contributed by atoms with E-state index in [4.69, 9.17) is 0 Å². The summed E-state index contributed by atoms with van der Waals surface area (Å²) in [6.07, 6.45) is 2.90. The van der Waals surface area contributed by atoms with Gasteiger partial charge in [-0.25, -0.2) is 4.98 Å². The average molecular weight is 407 g/mol. The third-order valence-electron chi connectivity index (χ3n) is 4.93. The highest BCUT2D eigenvalue weighted by molar-refractivity contribution is 5.58. The first-order valence-corrected chi connectivity index (χ1v) is 9.21. The largest absolute Gasteiger partial charge is 0.421 e. The molecule has 0 atom stereocenters. The molecule has 3 heterocycles. The summed E-state index contributed by atoms with van der Waals surface area (Å²) in [6, 6.07) is 0.461. The van der Waals surface area contributed by atoms with Crippen LogP contribution in [0.1, 0.15) is 43.1 Å². The van der Waals surface area contributed by atoms with E-state index in [0.29, 0.717) is 12.2 Å². The van der Waals surface area contributed by atoms with Crippen LogP contribution in [0.4, 0.5) is 30.6 Å². The summed E-state index contributed by atoms with van der Waals surface area (Å²) < 4.78 is 41.2. The molecule has 0 amide bonds. The van der Waals surface area contributed by atoms with Crippen molar-refractivity contribution in [2.45, 2.75) is 44.9 Å². The lowest BCUT2D eigenvalue weighted by Crippen LogP contribution is -2.31. The molecule has 1 aliphatic rings. The number of nitrogens with one attached hydrogen (secondary N) is 2. The molecule has 0 radical (unpaired) electrons. The number of alkyl halides is 3. The summed E-state index contributed by atoms with van der Waals surface area (Å²) in [5.41, 5.74) is 0.605. The molecule has 0 bridgehead atoms. The molecule has 0 aromatic carbocycles. The van der Waals surface area contributed by atoms with E-state index in [-0.39, 0.29) is 23.8 Å². The number of nitrogens with zero attached hydrogens (tertiary/aromatic N) is 7. The Morgan fingerprint density at radius 3 is 2.48 bits per heavy atom. The van der Waals surface area contributed by atoms with Crippen LogP contribution in [-0.4, -0.2) is 41.3 Å². The SMILES string of the molecule is CCNc1nc(Nc2cnn([C@H]3C[C@@H](n4nccn4)C3)c2C)ncc1C(F)(F)F. The molecule has 29 heavy (non-hydrogen) atoms. The average Bonchev–Trinajstić information content (AvgIpc) is 3.26. The van der Waals surface area contributed by atoms with Gasteiger partial charge >= 0.3 is 6.18 Å². The summed E-state index contributed by atoms with van der Waals surface area (Å²) in [7, 11) is 0. The van der Waals surface area contributed by atoms with Gasteiger partial charge in [0.25, 0.3) is 0 Å². The monoisotopic (exact) mass is 407 g/mol. The van der Waals surface area contributed by atoms with Crippen LogP contribution in [0.5, 0.6) is 0 Å². The number of hydrogen-bond acceptors (Lipinski definition) is 7. The molecule has 0 spiro atoms. The standard InChI is InChI=1S/C17H20F3N9/c1-3-21-15-13(17(18,19)20)8-22-16(27-15)26-14-9-25-28(10(14)2)11-6-12(7-11)29-23-4-5-24-29/h4-5,8-9,11-12H,3,6-7H2,1-2H3,(H2,21,22,26,27)/t11-,12+. The second kappa shape index (κ2) is 7.33. The van der Waals surface area contributed by atoms with Crippen molar-refractivity contribution >= 4 is 17.5 Å². The first-order valence-electron chi connectivity index (χ1n) is 9.21. The zero-order chi connectivity index (χ0) is 20.6. The lowest BCUT2D eigenvalue weighted by atomic mass is 9.87. The Labute approximate surface area is 164 Å². The summed E-state index contributed by atoms with van der Waals surface area (Å²) >= 11 is 0. The second-order valence-corrected chi connectivity index (χ2v) is 6.83. The fourth-order valence-corrected chi connectivity index (χ4v) is 3.35. The van der Waals surface area contributed by atoms with Gasteiger partial charge in [-0.2, -0.15) is 38.2 Å². The van der Waals surface area contributed by atoms with Crippen LogP contribution in [0, 0.1) is 6.92 Å². The molecular formula is C17H20F3N9. The predicted octanol–water partition coefficient (Wildman–Crippen LogP) is 3.34. The van der Waals surface area contributed by atoms with E-state index in [0.717, 1.165) is 24.7 Å². The Balaban J connectivity index is 1.49. The lowest BCUT2D eigenvalue weighted by molar-refractivity contribution is -0.137. The molecule has 1 saturated carbocycles. The van der Waals surface area contributed by atoms with E-state index in [1.165, 1.54) is 0 Å². The minimum absolute atomic E-state index is 0.0730. The van der Waals surface area contributed by atoms with Crippen LogP contribution in [0.2, 0.25) is 0 Å². The zero-order valence-electron chi connectivity index (χ0n) is 15.8. The van der Waals surface area contributed by atoms with E-state index in [1.807, 2.05) is 11.6 Å². The Kier molecular flexibility index (Phi) is 4.84. The third-order valence-corrected chi connectivity index (χ3v) is 4.93. The summed E-state index contributed by atoms with van der Waals surface area (Å²) in [6.45, 7) is 3.91. The van der Waals surface area contributed by atoms with Gasteiger partial charge in [-0.3, -0.25) is 4.68 Å². The molecule has 2 N–H and O–H groups in total. The first-order chi connectivity index (χ1) is 13.9. The Hall–Kier alpha value is -3.18. The summed E-state index contributed by atoms with van der Waals surface area (Å²) in [5, 5.41) is 18.3. The van der Waals surface area contributed by atoms with Crippen LogP contribution >= 0.6 is 0 Å². The lowest BCUT2D eigenvalue weighted by Gasteiger charge is -2.35. The van der Waals surface area contributed by atoms with E-state index in [2.05, 4.69) is 35.9 Å². The van der Waals surface area contributed by atoms with Crippen molar-refractivity contribution in [2.75, 3.05) is 17.2 Å². The van der Waals surface area contributed by atoms with Gasteiger partial charge in [0.05, 0.1) is 42.1 Å². The number of anilines is 3. The molecule has 0 saturated heterocycles. The van der Waals surface area contributed by atoms with Gasteiger partial charge in [-0.15, -0.1) is 0 Å².